The summed E-state index contributed by atoms with van der Waals surface area (Å²) in [7, 11) is 0. The van der Waals surface area contributed by atoms with Crippen LogP contribution in [-0.2, 0) is 25.7 Å². The van der Waals surface area contributed by atoms with E-state index in [1.54, 1.807) is 0 Å². The molecular formula is C44H38N4. The Morgan fingerprint density at radius 3 is 0.979 bits per heavy atom. The monoisotopic (exact) mass is 622 g/mol. The molecule has 7 aromatic rings. The van der Waals surface area contributed by atoms with E-state index in [0.29, 0.717) is 0 Å². The second-order valence-corrected chi connectivity index (χ2v) is 12.9. The molecule has 5 heterocycles. The molecule has 48 heavy (non-hydrogen) atoms. The minimum Gasteiger partial charge on any atom is -0.352 e. The first-order chi connectivity index (χ1) is 23.7. The van der Waals surface area contributed by atoms with Gasteiger partial charge in [0, 0.05) is 43.8 Å². The van der Waals surface area contributed by atoms with Crippen molar-refractivity contribution in [2.45, 2.75) is 53.4 Å². The largest absolute Gasteiger partial charge is 0.352 e. The van der Waals surface area contributed by atoms with Crippen LogP contribution in [0.25, 0.3) is 88.6 Å². The summed E-state index contributed by atoms with van der Waals surface area (Å²) in [5, 5.41) is 4.85. The number of H-pyrrole nitrogens is 2. The van der Waals surface area contributed by atoms with Crippen molar-refractivity contribution in [2.24, 2.45) is 0 Å². The zero-order valence-corrected chi connectivity index (χ0v) is 28.0. The van der Waals surface area contributed by atoms with E-state index in [1.807, 2.05) is 0 Å². The summed E-state index contributed by atoms with van der Waals surface area (Å²) in [6.45, 7) is 9.08. The Kier molecular flexibility index (Phi) is 6.62. The fraction of sp³-hybridized carbons (Fsp3) is 0.182. The maximum atomic E-state index is 5.59. The summed E-state index contributed by atoms with van der Waals surface area (Å²) in [5.74, 6) is 0. The number of aryl methyl sites for hydroxylation is 2. The van der Waals surface area contributed by atoms with Crippen molar-refractivity contribution in [1.82, 2.24) is 19.9 Å². The van der Waals surface area contributed by atoms with Crippen LogP contribution >= 0.6 is 0 Å². The van der Waals surface area contributed by atoms with Crippen molar-refractivity contribution in [1.29, 1.82) is 0 Å². The molecule has 2 aliphatic heterocycles. The molecule has 4 heteroatoms. The summed E-state index contributed by atoms with van der Waals surface area (Å²) >= 11 is 0. The molecule has 234 valence electrons. The molecule has 4 aromatic carbocycles. The van der Waals surface area contributed by atoms with E-state index in [4.69, 9.17) is 9.97 Å². The Balaban J connectivity index is 1.63. The van der Waals surface area contributed by atoms with Gasteiger partial charge >= 0.3 is 0 Å². The normalized spacial score (nSPS) is 12.1. The summed E-state index contributed by atoms with van der Waals surface area (Å²) in [6, 6.07) is 35.1. The molecule has 2 N–H and O–H groups in total. The van der Waals surface area contributed by atoms with E-state index in [2.05, 4.69) is 135 Å². The average Bonchev–Trinajstić information content (AvgIpc) is 3.90. The molecule has 3 aromatic heterocycles. The number of nitrogens with zero attached hydrogens (tertiary/aromatic N) is 2. The zero-order chi connectivity index (χ0) is 32.5. The summed E-state index contributed by atoms with van der Waals surface area (Å²) in [5.41, 5.74) is 18.6. The van der Waals surface area contributed by atoms with Gasteiger partial charge < -0.3 is 9.97 Å². The molecule has 2 aliphatic rings. The third-order valence-electron chi connectivity index (χ3n) is 10.5. The Hall–Kier alpha value is -5.48. The van der Waals surface area contributed by atoms with Crippen LogP contribution in [0.2, 0.25) is 0 Å². The molecule has 0 aliphatic carbocycles. The molecule has 0 saturated heterocycles. The Morgan fingerprint density at radius 1 is 0.354 bits per heavy atom. The van der Waals surface area contributed by atoms with Crippen molar-refractivity contribution in [3.8, 4) is 45.0 Å². The van der Waals surface area contributed by atoms with Crippen LogP contribution in [0.15, 0.2) is 97.1 Å². The van der Waals surface area contributed by atoms with Gasteiger partial charge in [-0.3, -0.25) is 0 Å². The lowest BCUT2D eigenvalue weighted by atomic mass is 9.95. The minimum atomic E-state index is 0.868. The van der Waals surface area contributed by atoms with Crippen molar-refractivity contribution in [2.75, 3.05) is 0 Å². The van der Waals surface area contributed by atoms with Crippen LogP contribution in [0.1, 0.15) is 49.9 Å². The highest BCUT2D eigenvalue weighted by molar-refractivity contribution is 6.15. The third-order valence-corrected chi connectivity index (χ3v) is 10.5. The predicted molar refractivity (Wildman–Crippen MR) is 202 cm³/mol. The number of hydrogen-bond acceptors (Lipinski definition) is 2. The third kappa shape index (κ3) is 3.95. The Labute approximate surface area is 280 Å². The molecule has 0 spiro atoms. The lowest BCUT2D eigenvalue weighted by Gasteiger charge is -2.09. The first-order valence-corrected chi connectivity index (χ1v) is 17.4. The highest BCUT2D eigenvalue weighted by atomic mass is 14.8. The number of fused-ring (bicyclic) bond motifs is 22. The van der Waals surface area contributed by atoms with Crippen LogP contribution < -0.4 is 0 Å². The van der Waals surface area contributed by atoms with Gasteiger partial charge in [0.25, 0.3) is 0 Å². The number of aromatic amines is 2. The van der Waals surface area contributed by atoms with E-state index < -0.39 is 0 Å². The van der Waals surface area contributed by atoms with Gasteiger partial charge in [0.1, 0.15) is 0 Å². The molecule has 4 nitrogen and oxygen atoms in total. The van der Waals surface area contributed by atoms with E-state index in [1.165, 1.54) is 77.1 Å². The summed E-state index contributed by atoms with van der Waals surface area (Å²) < 4.78 is 0. The average molecular weight is 623 g/mol. The number of benzene rings is 4. The number of hydrogen-bond donors (Lipinski definition) is 2. The van der Waals surface area contributed by atoms with Crippen molar-refractivity contribution in [3.63, 3.8) is 0 Å². The molecule has 8 bridgehead atoms. The second-order valence-electron chi connectivity index (χ2n) is 12.9. The maximum Gasteiger partial charge on any atom is 0.0957 e. The molecule has 0 saturated carbocycles. The molecule has 0 unspecified atom stereocenters. The molecule has 0 amide bonds. The van der Waals surface area contributed by atoms with E-state index in [-0.39, 0.29) is 0 Å². The van der Waals surface area contributed by atoms with Crippen molar-refractivity contribution in [3.05, 3.63) is 119 Å². The molecule has 0 radical (unpaired) electrons. The highest BCUT2D eigenvalue weighted by Gasteiger charge is 2.26. The number of rotatable bonds is 4. The van der Waals surface area contributed by atoms with Gasteiger partial charge in [-0.15, -0.1) is 0 Å². The number of nitrogens with one attached hydrogen (secondary N) is 2. The van der Waals surface area contributed by atoms with Crippen LogP contribution in [-0.4, -0.2) is 19.9 Å². The van der Waals surface area contributed by atoms with Gasteiger partial charge in [-0.25, -0.2) is 9.97 Å². The molecule has 9 rings (SSSR count). The fourth-order valence-electron chi connectivity index (χ4n) is 8.43. The lowest BCUT2D eigenvalue weighted by Crippen LogP contribution is -1.95. The fourth-order valence-corrected chi connectivity index (χ4v) is 8.43. The van der Waals surface area contributed by atoms with E-state index in [0.717, 1.165) is 59.5 Å². The minimum absolute atomic E-state index is 0.868. The first kappa shape index (κ1) is 28.7. The smallest absolute Gasteiger partial charge is 0.0957 e. The topological polar surface area (TPSA) is 57.4 Å². The first-order valence-electron chi connectivity index (χ1n) is 17.4. The Bertz CT molecular complexity index is 2430. The molecular weight excluding hydrogens is 585 g/mol. The molecule has 0 fully saturated rings. The Morgan fingerprint density at radius 2 is 0.646 bits per heavy atom. The highest BCUT2D eigenvalue weighted by Crippen LogP contribution is 2.45. The van der Waals surface area contributed by atoms with E-state index >= 15 is 0 Å². The van der Waals surface area contributed by atoms with Gasteiger partial charge in [-0.1, -0.05) is 125 Å². The van der Waals surface area contributed by atoms with Crippen molar-refractivity contribution < 1.29 is 0 Å². The van der Waals surface area contributed by atoms with Gasteiger partial charge in [-0.05, 0) is 47.9 Å². The van der Waals surface area contributed by atoms with Crippen LogP contribution in [0.3, 0.4) is 0 Å². The van der Waals surface area contributed by atoms with Gasteiger partial charge in [0.05, 0.1) is 44.8 Å². The summed E-state index contributed by atoms with van der Waals surface area (Å²) in [4.78, 5) is 19.1. The lowest BCUT2D eigenvalue weighted by molar-refractivity contribution is 1.04. The van der Waals surface area contributed by atoms with Crippen LogP contribution in [0, 0.1) is 0 Å². The van der Waals surface area contributed by atoms with Gasteiger partial charge in [-0.2, -0.15) is 0 Å². The number of aromatic nitrogens is 4. The van der Waals surface area contributed by atoms with Crippen LogP contribution in [0.5, 0.6) is 0 Å². The SMILES string of the molecule is CCc1c2nc(c3[nH]c(c(CC)c(CC)c4nc(c5[nH]c(c1CC)c1ccccc51)-c1ccccc1-4)c1ccccc31)-c1ccccc1-2. The quantitative estimate of drug-likeness (QED) is 0.205. The maximum absolute atomic E-state index is 5.59. The standard InChI is InChI=1S/C44H38N4/c1-5-25-26(6-2)38-30-18-10-14-22-34(30)43(46-38)44-36-24-16-12-20-32(36)40(48-44)28(8-4)27(7-3)39-31-19-11-15-23-35(31)42(47-39)41-33-21-13-9-17-29(33)37(25)45-41/h9-24,45,48H,5-8H2,1-4H3. The molecule has 0 atom stereocenters. The summed E-state index contributed by atoms with van der Waals surface area (Å²) in [6.07, 6.45) is 3.49. The van der Waals surface area contributed by atoms with Crippen LogP contribution in [0.4, 0.5) is 0 Å². The second kappa shape index (κ2) is 11.1. The van der Waals surface area contributed by atoms with Gasteiger partial charge in [0.2, 0.25) is 0 Å². The zero-order valence-electron chi connectivity index (χ0n) is 28.0. The van der Waals surface area contributed by atoms with Crippen molar-refractivity contribution >= 4 is 43.6 Å². The van der Waals surface area contributed by atoms with E-state index in [9.17, 15) is 0 Å². The predicted octanol–water partition coefficient (Wildman–Crippen LogP) is 11.5. The van der Waals surface area contributed by atoms with Gasteiger partial charge in [0.15, 0.2) is 0 Å².